The monoisotopic (exact) mass is 458 g/mol. The van der Waals surface area contributed by atoms with Gasteiger partial charge in [-0.2, -0.15) is 5.10 Å². The minimum Gasteiger partial charge on any atom is -0.495 e. The lowest BCUT2D eigenvalue weighted by Gasteiger charge is -2.14. The fourth-order valence-corrected chi connectivity index (χ4v) is 4.40. The van der Waals surface area contributed by atoms with Crippen LogP contribution in [0.2, 0.25) is 0 Å². The van der Waals surface area contributed by atoms with Gasteiger partial charge in [0.15, 0.2) is 0 Å². The Labute approximate surface area is 199 Å². The molecule has 7 heteroatoms. The molecule has 0 radical (unpaired) electrons. The molecule has 0 aliphatic heterocycles. The number of benzene rings is 2. The van der Waals surface area contributed by atoms with Crippen LogP contribution in [0.4, 0.5) is 5.69 Å². The highest BCUT2D eigenvalue weighted by Gasteiger charge is 2.20. The molecule has 176 valence electrons. The fraction of sp³-hybridized carbons (Fsp3) is 0.296. The Morgan fingerprint density at radius 3 is 2.38 bits per heavy atom. The van der Waals surface area contributed by atoms with Gasteiger partial charge in [0.25, 0.3) is 5.56 Å². The lowest BCUT2D eigenvalue weighted by Crippen LogP contribution is -2.25. The van der Waals surface area contributed by atoms with Gasteiger partial charge < -0.3 is 10.1 Å². The largest absolute Gasteiger partial charge is 0.495 e. The maximum atomic E-state index is 13.3. The van der Waals surface area contributed by atoms with Crippen LogP contribution in [0.5, 0.6) is 5.75 Å². The molecule has 1 amide bonds. The van der Waals surface area contributed by atoms with Crippen LogP contribution in [-0.2, 0) is 18.3 Å². The first-order valence-electron chi connectivity index (χ1n) is 11.3. The van der Waals surface area contributed by atoms with Crippen molar-refractivity contribution >= 4 is 22.6 Å². The second-order valence-electron chi connectivity index (χ2n) is 8.75. The van der Waals surface area contributed by atoms with Gasteiger partial charge in [-0.15, -0.1) is 0 Å². The predicted octanol–water partition coefficient (Wildman–Crippen LogP) is 4.54. The number of aromatic nitrogens is 3. The van der Waals surface area contributed by atoms with Crippen molar-refractivity contribution in [3.8, 4) is 11.4 Å². The number of methoxy groups -OCH3 is 1. The van der Waals surface area contributed by atoms with Crippen LogP contribution in [0, 0.1) is 27.7 Å². The first kappa shape index (κ1) is 23.3. The van der Waals surface area contributed by atoms with Crippen molar-refractivity contribution in [2.24, 2.45) is 7.05 Å². The molecule has 2 aromatic heterocycles. The van der Waals surface area contributed by atoms with Gasteiger partial charge in [-0.1, -0.05) is 23.8 Å². The van der Waals surface area contributed by atoms with E-state index in [2.05, 4.69) is 5.32 Å². The van der Waals surface area contributed by atoms with Crippen molar-refractivity contribution in [3.63, 3.8) is 0 Å². The number of aryl methyl sites for hydroxylation is 5. The molecule has 0 spiro atoms. The van der Waals surface area contributed by atoms with E-state index in [9.17, 15) is 9.59 Å². The third kappa shape index (κ3) is 4.21. The van der Waals surface area contributed by atoms with Crippen molar-refractivity contribution in [3.05, 3.63) is 80.8 Å². The van der Waals surface area contributed by atoms with Gasteiger partial charge in [0.05, 0.1) is 24.2 Å². The molecule has 34 heavy (non-hydrogen) atoms. The van der Waals surface area contributed by atoms with Crippen molar-refractivity contribution in [2.75, 3.05) is 12.4 Å². The normalized spacial score (nSPS) is 11.1. The molecule has 0 aliphatic carbocycles. The number of fused-ring (bicyclic) bond motifs is 1. The number of anilines is 1. The maximum Gasteiger partial charge on any atom is 0.255 e. The highest BCUT2D eigenvalue weighted by molar-refractivity contribution is 5.92. The van der Waals surface area contributed by atoms with Crippen LogP contribution in [0.25, 0.3) is 16.7 Å². The Bertz CT molecular complexity index is 1450. The van der Waals surface area contributed by atoms with Gasteiger partial charge >= 0.3 is 0 Å². The minimum atomic E-state index is -0.169. The second kappa shape index (κ2) is 9.17. The lowest BCUT2D eigenvalue weighted by atomic mass is 10.0. The summed E-state index contributed by atoms with van der Waals surface area (Å²) in [6.45, 7) is 7.88. The topological polar surface area (TPSA) is 78.2 Å². The fourth-order valence-electron chi connectivity index (χ4n) is 4.40. The molecule has 2 aromatic carbocycles. The molecule has 0 bridgehead atoms. The van der Waals surface area contributed by atoms with Gasteiger partial charge in [-0.05, 0) is 69.5 Å². The number of hydrogen-bond acceptors (Lipinski definition) is 4. The van der Waals surface area contributed by atoms with Crippen LogP contribution < -0.4 is 15.6 Å². The summed E-state index contributed by atoms with van der Waals surface area (Å²) in [5.74, 6) is 0.434. The zero-order chi connectivity index (χ0) is 24.6. The third-order valence-corrected chi connectivity index (χ3v) is 6.25. The van der Waals surface area contributed by atoms with E-state index in [1.807, 2.05) is 74.8 Å². The summed E-state index contributed by atoms with van der Waals surface area (Å²) < 4.78 is 8.80. The molecular formula is C27H30N4O3. The van der Waals surface area contributed by atoms with Crippen LogP contribution in [0.1, 0.15) is 34.4 Å². The number of ether oxygens (including phenoxy) is 1. The standard InChI is InChI=1S/C27H30N4O3/c1-16-7-10-20(11-8-16)31-26-25(19(4)29-31)18(3)21(27(33)30(26)5)12-14-24(32)28-22-15-17(2)9-13-23(22)34-6/h7-11,13,15H,12,14H2,1-6H3,(H,28,32). The Balaban J connectivity index is 1.66. The average Bonchev–Trinajstić information content (AvgIpc) is 3.15. The first-order valence-corrected chi connectivity index (χ1v) is 11.3. The SMILES string of the molecule is COc1ccc(C)cc1NC(=O)CCc1c(C)c2c(C)nn(-c3ccc(C)cc3)c2n(C)c1=O. The number of rotatable bonds is 6. The summed E-state index contributed by atoms with van der Waals surface area (Å²) in [5, 5.41) is 8.59. The van der Waals surface area contributed by atoms with E-state index in [4.69, 9.17) is 9.84 Å². The quantitative estimate of drug-likeness (QED) is 0.460. The van der Waals surface area contributed by atoms with Gasteiger partial charge in [0.1, 0.15) is 11.4 Å². The van der Waals surface area contributed by atoms with E-state index >= 15 is 0 Å². The summed E-state index contributed by atoms with van der Waals surface area (Å²) in [4.78, 5) is 26.1. The van der Waals surface area contributed by atoms with E-state index in [0.29, 0.717) is 23.4 Å². The van der Waals surface area contributed by atoms with Crippen LogP contribution in [0.15, 0.2) is 47.3 Å². The second-order valence-corrected chi connectivity index (χ2v) is 8.75. The van der Waals surface area contributed by atoms with E-state index in [1.165, 1.54) is 0 Å². The van der Waals surface area contributed by atoms with Crippen molar-refractivity contribution in [2.45, 2.75) is 40.5 Å². The van der Waals surface area contributed by atoms with Gasteiger partial charge in [0.2, 0.25) is 5.91 Å². The van der Waals surface area contributed by atoms with Gasteiger partial charge in [0, 0.05) is 24.4 Å². The molecule has 0 saturated heterocycles. The molecule has 0 aliphatic rings. The zero-order valence-electron chi connectivity index (χ0n) is 20.5. The molecule has 4 aromatic rings. The Kier molecular flexibility index (Phi) is 6.28. The molecule has 0 unspecified atom stereocenters. The minimum absolute atomic E-state index is 0.112. The molecule has 7 nitrogen and oxygen atoms in total. The molecule has 1 N–H and O–H groups in total. The molecular weight excluding hydrogens is 428 g/mol. The van der Waals surface area contributed by atoms with E-state index in [-0.39, 0.29) is 17.9 Å². The molecule has 2 heterocycles. The smallest absolute Gasteiger partial charge is 0.255 e. The van der Waals surface area contributed by atoms with Crippen LogP contribution in [-0.4, -0.2) is 27.4 Å². The summed E-state index contributed by atoms with van der Waals surface area (Å²) in [6.07, 6.45) is 0.521. The Morgan fingerprint density at radius 2 is 1.71 bits per heavy atom. The van der Waals surface area contributed by atoms with E-state index in [0.717, 1.165) is 39.1 Å². The van der Waals surface area contributed by atoms with Gasteiger partial charge in [-0.3, -0.25) is 14.2 Å². The average molecular weight is 459 g/mol. The number of hydrogen-bond donors (Lipinski definition) is 1. The molecule has 4 rings (SSSR count). The number of pyridine rings is 1. The number of nitrogens with zero attached hydrogens (tertiary/aromatic N) is 3. The summed E-state index contributed by atoms with van der Waals surface area (Å²) in [6, 6.07) is 13.7. The first-order chi connectivity index (χ1) is 16.2. The zero-order valence-corrected chi connectivity index (χ0v) is 20.5. The molecule has 0 saturated carbocycles. The predicted molar refractivity (Wildman–Crippen MR) is 135 cm³/mol. The van der Waals surface area contributed by atoms with Gasteiger partial charge in [-0.25, -0.2) is 4.68 Å². The maximum absolute atomic E-state index is 13.3. The van der Waals surface area contributed by atoms with Crippen molar-refractivity contribution < 1.29 is 9.53 Å². The number of carbonyl (C=O) groups excluding carboxylic acids is 1. The Morgan fingerprint density at radius 1 is 1.03 bits per heavy atom. The van der Waals surface area contributed by atoms with Crippen molar-refractivity contribution in [1.29, 1.82) is 0 Å². The third-order valence-electron chi connectivity index (χ3n) is 6.25. The van der Waals surface area contributed by atoms with Crippen LogP contribution in [0.3, 0.4) is 0 Å². The van der Waals surface area contributed by atoms with Crippen LogP contribution >= 0.6 is 0 Å². The highest BCUT2D eigenvalue weighted by Crippen LogP contribution is 2.27. The molecule has 0 fully saturated rings. The number of nitrogens with one attached hydrogen (secondary N) is 1. The summed E-state index contributed by atoms with van der Waals surface area (Å²) in [5.41, 5.74) is 6.70. The number of amides is 1. The highest BCUT2D eigenvalue weighted by atomic mass is 16.5. The van der Waals surface area contributed by atoms with E-state index in [1.54, 1.807) is 18.7 Å². The number of carbonyl (C=O) groups is 1. The van der Waals surface area contributed by atoms with E-state index < -0.39 is 0 Å². The summed E-state index contributed by atoms with van der Waals surface area (Å²) in [7, 11) is 3.33. The molecule has 0 atom stereocenters. The lowest BCUT2D eigenvalue weighted by molar-refractivity contribution is -0.116. The summed E-state index contributed by atoms with van der Waals surface area (Å²) >= 11 is 0. The van der Waals surface area contributed by atoms with Crippen molar-refractivity contribution in [1.82, 2.24) is 14.3 Å². The Hall–Kier alpha value is -3.87.